The summed E-state index contributed by atoms with van der Waals surface area (Å²) in [6.07, 6.45) is 15.8. The Hall–Kier alpha value is -0.260. The molecule has 0 radical (unpaired) electrons. The molecular weight excluding hydrogens is 312 g/mol. The number of fused-ring (bicyclic) bond motifs is 5. The van der Waals surface area contributed by atoms with Crippen LogP contribution in [0.15, 0.2) is 11.6 Å². The zero-order chi connectivity index (χ0) is 19.0. The molecular formula is C26H44. The van der Waals surface area contributed by atoms with Crippen LogP contribution in [-0.2, 0) is 0 Å². The third-order valence-corrected chi connectivity index (χ3v) is 10.5. The standard InChI is InChI=1S/C26H44/c1-8-23(2,3)21-13-11-19-18-10-12-22-24(4,5)15-9-16-25(22,6)20(18)14-17-26(19,21)7/h12,18-21H,8-11,13-17H2,1-7H3. The van der Waals surface area contributed by atoms with E-state index in [1.165, 1.54) is 57.8 Å². The van der Waals surface area contributed by atoms with E-state index in [1.807, 2.05) is 5.57 Å². The quantitative estimate of drug-likeness (QED) is 0.439. The summed E-state index contributed by atoms with van der Waals surface area (Å²) in [5, 5.41) is 0. The molecule has 6 unspecified atom stereocenters. The van der Waals surface area contributed by atoms with Gasteiger partial charge < -0.3 is 0 Å². The Morgan fingerprint density at radius 1 is 0.962 bits per heavy atom. The van der Waals surface area contributed by atoms with E-state index >= 15 is 0 Å². The van der Waals surface area contributed by atoms with E-state index in [-0.39, 0.29) is 0 Å². The van der Waals surface area contributed by atoms with Crippen molar-refractivity contribution in [1.82, 2.24) is 0 Å². The average molecular weight is 357 g/mol. The van der Waals surface area contributed by atoms with Crippen LogP contribution in [0.1, 0.15) is 106 Å². The van der Waals surface area contributed by atoms with E-state index in [4.69, 9.17) is 0 Å². The first-order chi connectivity index (χ1) is 12.1. The van der Waals surface area contributed by atoms with Crippen molar-refractivity contribution in [3.63, 3.8) is 0 Å². The van der Waals surface area contributed by atoms with E-state index in [0.717, 1.165) is 23.7 Å². The van der Waals surface area contributed by atoms with Gasteiger partial charge in [0.15, 0.2) is 0 Å². The Morgan fingerprint density at radius 3 is 2.38 bits per heavy atom. The van der Waals surface area contributed by atoms with Gasteiger partial charge in [-0.2, -0.15) is 0 Å². The lowest BCUT2D eigenvalue weighted by atomic mass is 9.44. The lowest BCUT2D eigenvalue weighted by molar-refractivity contribution is -0.0694. The van der Waals surface area contributed by atoms with Gasteiger partial charge in [-0.25, -0.2) is 0 Å². The largest absolute Gasteiger partial charge is 0.0839 e. The molecule has 0 N–H and O–H groups in total. The van der Waals surface area contributed by atoms with Gasteiger partial charge in [-0.05, 0) is 90.3 Å². The molecule has 0 aliphatic heterocycles. The summed E-state index contributed by atoms with van der Waals surface area (Å²) >= 11 is 0. The van der Waals surface area contributed by atoms with Crippen LogP contribution in [0, 0.1) is 45.3 Å². The number of rotatable bonds is 2. The molecule has 0 amide bonds. The van der Waals surface area contributed by atoms with E-state index in [1.54, 1.807) is 0 Å². The second-order valence-corrected chi connectivity index (χ2v) is 12.4. The fourth-order valence-electron chi connectivity index (χ4n) is 9.03. The van der Waals surface area contributed by atoms with E-state index in [0.29, 0.717) is 21.7 Å². The lowest BCUT2D eigenvalue weighted by Gasteiger charge is -2.61. The van der Waals surface area contributed by atoms with Crippen molar-refractivity contribution in [3.8, 4) is 0 Å². The van der Waals surface area contributed by atoms with Gasteiger partial charge in [0.1, 0.15) is 0 Å². The van der Waals surface area contributed by atoms with Crippen molar-refractivity contribution >= 4 is 0 Å². The summed E-state index contributed by atoms with van der Waals surface area (Å²) in [5.41, 5.74) is 3.92. The van der Waals surface area contributed by atoms with Gasteiger partial charge in [0.05, 0.1) is 0 Å². The lowest BCUT2D eigenvalue weighted by Crippen LogP contribution is -2.52. The highest BCUT2D eigenvalue weighted by Gasteiger charge is 2.61. The van der Waals surface area contributed by atoms with Crippen molar-refractivity contribution in [2.45, 2.75) is 106 Å². The van der Waals surface area contributed by atoms with Crippen LogP contribution in [0.25, 0.3) is 0 Å². The molecule has 0 spiro atoms. The number of hydrogen-bond acceptors (Lipinski definition) is 0. The summed E-state index contributed by atoms with van der Waals surface area (Å²) in [6, 6.07) is 0. The van der Waals surface area contributed by atoms with Crippen molar-refractivity contribution in [1.29, 1.82) is 0 Å². The maximum atomic E-state index is 2.75. The van der Waals surface area contributed by atoms with Crippen LogP contribution in [0.4, 0.5) is 0 Å². The molecule has 0 heteroatoms. The zero-order valence-electron chi connectivity index (χ0n) is 18.8. The highest BCUT2D eigenvalue weighted by atomic mass is 14.7. The Bertz CT molecular complexity index is 593. The van der Waals surface area contributed by atoms with Crippen molar-refractivity contribution in [2.24, 2.45) is 45.3 Å². The summed E-state index contributed by atoms with van der Waals surface area (Å²) in [6.45, 7) is 18.0. The molecule has 148 valence electrons. The molecule has 3 saturated carbocycles. The van der Waals surface area contributed by atoms with Crippen molar-refractivity contribution in [3.05, 3.63) is 11.6 Å². The Kier molecular flexibility index (Phi) is 4.31. The van der Waals surface area contributed by atoms with Crippen LogP contribution in [0.2, 0.25) is 0 Å². The molecule has 0 heterocycles. The first-order valence-corrected chi connectivity index (χ1v) is 11.8. The van der Waals surface area contributed by atoms with Crippen LogP contribution in [-0.4, -0.2) is 0 Å². The van der Waals surface area contributed by atoms with E-state index < -0.39 is 0 Å². The molecule has 0 aromatic heterocycles. The topological polar surface area (TPSA) is 0 Å². The molecule has 4 rings (SSSR count). The minimum absolute atomic E-state index is 0.446. The molecule has 3 fully saturated rings. The maximum absolute atomic E-state index is 2.75. The molecule has 0 aromatic carbocycles. The van der Waals surface area contributed by atoms with Gasteiger partial charge in [0.25, 0.3) is 0 Å². The van der Waals surface area contributed by atoms with Crippen LogP contribution >= 0.6 is 0 Å². The smallest absolute Gasteiger partial charge is 0.00799 e. The molecule has 0 nitrogen and oxygen atoms in total. The van der Waals surface area contributed by atoms with Gasteiger partial charge in [-0.1, -0.05) is 73.0 Å². The third kappa shape index (κ3) is 2.45. The summed E-state index contributed by atoms with van der Waals surface area (Å²) in [4.78, 5) is 0. The Labute approximate surface area is 163 Å². The van der Waals surface area contributed by atoms with Crippen LogP contribution in [0.3, 0.4) is 0 Å². The third-order valence-electron chi connectivity index (χ3n) is 10.5. The monoisotopic (exact) mass is 356 g/mol. The summed E-state index contributed by atoms with van der Waals surface area (Å²) in [7, 11) is 0. The highest BCUT2D eigenvalue weighted by Crippen LogP contribution is 2.69. The number of hydrogen-bond donors (Lipinski definition) is 0. The molecule has 0 bridgehead atoms. The van der Waals surface area contributed by atoms with Gasteiger partial charge in [0, 0.05) is 0 Å². The predicted molar refractivity (Wildman–Crippen MR) is 113 cm³/mol. The molecule has 26 heavy (non-hydrogen) atoms. The predicted octanol–water partition coefficient (Wildman–Crippen LogP) is 8.03. The van der Waals surface area contributed by atoms with Crippen molar-refractivity contribution in [2.75, 3.05) is 0 Å². The Balaban J connectivity index is 1.68. The van der Waals surface area contributed by atoms with E-state index in [9.17, 15) is 0 Å². The minimum atomic E-state index is 0.446. The van der Waals surface area contributed by atoms with Gasteiger partial charge in [0.2, 0.25) is 0 Å². The van der Waals surface area contributed by atoms with E-state index in [2.05, 4.69) is 54.5 Å². The maximum Gasteiger partial charge on any atom is -0.00799 e. The second-order valence-electron chi connectivity index (χ2n) is 12.4. The SMILES string of the molecule is CCC(C)(C)C1CCC2C3CC=C4C(C)(C)CCCC4(C)C3CCC21C. The highest BCUT2D eigenvalue weighted by molar-refractivity contribution is 5.29. The van der Waals surface area contributed by atoms with Crippen LogP contribution in [0.5, 0.6) is 0 Å². The fourth-order valence-corrected chi connectivity index (χ4v) is 9.03. The normalized spacial score (nSPS) is 47.6. The molecule has 0 saturated heterocycles. The zero-order valence-corrected chi connectivity index (χ0v) is 18.8. The van der Waals surface area contributed by atoms with Gasteiger partial charge in [-0.15, -0.1) is 0 Å². The molecule has 4 aliphatic rings. The first-order valence-electron chi connectivity index (χ1n) is 11.8. The van der Waals surface area contributed by atoms with Gasteiger partial charge in [-0.3, -0.25) is 0 Å². The van der Waals surface area contributed by atoms with Crippen LogP contribution < -0.4 is 0 Å². The Morgan fingerprint density at radius 2 is 1.69 bits per heavy atom. The summed E-state index contributed by atoms with van der Waals surface area (Å²) in [5.74, 6) is 3.85. The summed E-state index contributed by atoms with van der Waals surface area (Å²) < 4.78 is 0. The average Bonchev–Trinajstić information content (AvgIpc) is 2.92. The molecule has 0 aromatic rings. The number of allylic oxidation sites excluding steroid dienone is 2. The molecule has 6 atom stereocenters. The second kappa shape index (κ2) is 5.87. The first kappa shape index (κ1) is 19.1. The van der Waals surface area contributed by atoms with Crippen molar-refractivity contribution < 1.29 is 0 Å². The van der Waals surface area contributed by atoms with Gasteiger partial charge >= 0.3 is 0 Å². The fraction of sp³-hybridized carbons (Fsp3) is 0.923. The molecule has 4 aliphatic carbocycles. The minimum Gasteiger partial charge on any atom is -0.0839 e.